The normalized spacial score (nSPS) is 10.7. The van der Waals surface area contributed by atoms with E-state index in [-0.39, 0.29) is 18.2 Å². The highest BCUT2D eigenvalue weighted by atomic mass is 35.5. The molecule has 0 aliphatic carbocycles. The van der Waals surface area contributed by atoms with Crippen LogP contribution in [0.3, 0.4) is 0 Å². The molecule has 7 nitrogen and oxygen atoms in total. The number of halogens is 1. The second-order valence-electron chi connectivity index (χ2n) is 5.54. The standard InChI is InChI=1S/C17H17ClN4O3/c1-10-14(8-22(3)20-10)19-17(23)16-12(11(2)25-21-16)9-24-15-7-5-4-6-13(15)18/h4-8H,9H2,1-3H3,(H,19,23). The summed E-state index contributed by atoms with van der Waals surface area (Å²) < 4.78 is 12.5. The van der Waals surface area contributed by atoms with Crippen LogP contribution in [0.5, 0.6) is 5.75 Å². The molecule has 1 N–H and O–H groups in total. The van der Waals surface area contributed by atoms with E-state index in [1.807, 2.05) is 19.1 Å². The second kappa shape index (κ2) is 6.98. The molecule has 8 heteroatoms. The van der Waals surface area contributed by atoms with E-state index in [0.717, 1.165) is 0 Å². The fraction of sp³-hybridized carbons (Fsp3) is 0.235. The summed E-state index contributed by atoms with van der Waals surface area (Å²) in [5, 5.41) is 11.3. The fourth-order valence-electron chi connectivity index (χ4n) is 2.36. The van der Waals surface area contributed by atoms with Crippen LogP contribution in [0, 0.1) is 13.8 Å². The van der Waals surface area contributed by atoms with E-state index < -0.39 is 0 Å². The van der Waals surface area contributed by atoms with Crippen molar-refractivity contribution in [1.29, 1.82) is 0 Å². The van der Waals surface area contributed by atoms with Crippen LogP contribution < -0.4 is 10.1 Å². The van der Waals surface area contributed by atoms with E-state index in [4.69, 9.17) is 20.9 Å². The first-order valence-electron chi connectivity index (χ1n) is 7.59. The summed E-state index contributed by atoms with van der Waals surface area (Å²) in [5.74, 6) is 0.657. The van der Waals surface area contributed by atoms with E-state index >= 15 is 0 Å². The van der Waals surface area contributed by atoms with Gasteiger partial charge < -0.3 is 14.6 Å². The van der Waals surface area contributed by atoms with Gasteiger partial charge in [-0.05, 0) is 26.0 Å². The van der Waals surface area contributed by atoms with E-state index in [1.165, 1.54) is 0 Å². The van der Waals surface area contributed by atoms with E-state index in [2.05, 4.69) is 15.6 Å². The van der Waals surface area contributed by atoms with Crippen LogP contribution in [0.25, 0.3) is 0 Å². The topological polar surface area (TPSA) is 82.2 Å². The Morgan fingerprint density at radius 3 is 2.80 bits per heavy atom. The first-order chi connectivity index (χ1) is 12.0. The number of anilines is 1. The lowest BCUT2D eigenvalue weighted by molar-refractivity contribution is 0.101. The third-order valence-electron chi connectivity index (χ3n) is 3.67. The van der Waals surface area contributed by atoms with Gasteiger partial charge in [-0.25, -0.2) is 0 Å². The molecular weight excluding hydrogens is 344 g/mol. The van der Waals surface area contributed by atoms with Gasteiger partial charge in [-0.15, -0.1) is 0 Å². The third-order valence-corrected chi connectivity index (χ3v) is 3.98. The molecule has 0 spiro atoms. The Balaban J connectivity index is 1.78. The van der Waals surface area contributed by atoms with Crippen molar-refractivity contribution in [3.05, 3.63) is 58.2 Å². The van der Waals surface area contributed by atoms with Crippen LogP contribution >= 0.6 is 11.6 Å². The maximum absolute atomic E-state index is 12.5. The molecule has 2 heterocycles. The number of para-hydroxylation sites is 1. The molecule has 0 bridgehead atoms. The van der Waals surface area contributed by atoms with Crippen molar-refractivity contribution in [2.75, 3.05) is 5.32 Å². The quantitative estimate of drug-likeness (QED) is 0.752. The van der Waals surface area contributed by atoms with Gasteiger partial charge in [0.2, 0.25) is 0 Å². The van der Waals surface area contributed by atoms with Gasteiger partial charge in [0.25, 0.3) is 5.91 Å². The maximum atomic E-state index is 12.5. The minimum atomic E-state index is -0.384. The average Bonchev–Trinajstić information content (AvgIpc) is 3.09. The SMILES string of the molecule is Cc1nn(C)cc1NC(=O)c1noc(C)c1COc1ccccc1Cl. The lowest BCUT2D eigenvalue weighted by atomic mass is 10.2. The Morgan fingerprint density at radius 2 is 2.12 bits per heavy atom. The Hall–Kier alpha value is -2.80. The molecule has 1 aromatic carbocycles. The van der Waals surface area contributed by atoms with Gasteiger partial charge in [0.1, 0.15) is 18.1 Å². The lowest BCUT2D eigenvalue weighted by Crippen LogP contribution is -2.15. The number of benzene rings is 1. The number of hydrogen-bond donors (Lipinski definition) is 1. The predicted octanol–water partition coefficient (Wildman–Crippen LogP) is 3.51. The highest BCUT2D eigenvalue weighted by Gasteiger charge is 2.21. The number of aromatic nitrogens is 3. The number of carbonyl (C=O) groups is 1. The molecule has 0 aliphatic heterocycles. The molecule has 25 heavy (non-hydrogen) atoms. The van der Waals surface area contributed by atoms with Crippen molar-refractivity contribution in [1.82, 2.24) is 14.9 Å². The van der Waals surface area contributed by atoms with Crippen LogP contribution in [-0.2, 0) is 13.7 Å². The van der Waals surface area contributed by atoms with Crippen molar-refractivity contribution in [3.63, 3.8) is 0 Å². The second-order valence-corrected chi connectivity index (χ2v) is 5.95. The summed E-state index contributed by atoms with van der Waals surface area (Å²) in [6.45, 7) is 3.66. The third kappa shape index (κ3) is 3.66. The zero-order valence-electron chi connectivity index (χ0n) is 14.0. The molecule has 0 saturated heterocycles. The van der Waals surface area contributed by atoms with Gasteiger partial charge in [-0.2, -0.15) is 5.10 Å². The number of hydrogen-bond acceptors (Lipinski definition) is 5. The average molecular weight is 361 g/mol. The van der Waals surface area contributed by atoms with Gasteiger partial charge in [-0.1, -0.05) is 28.9 Å². The maximum Gasteiger partial charge on any atom is 0.278 e. The van der Waals surface area contributed by atoms with Crippen LogP contribution in [0.1, 0.15) is 27.5 Å². The van der Waals surface area contributed by atoms with Crippen LogP contribution in [0.2, 0.25) is 5.02 Å². The Bertz CT molecular complexity index is 917. The van der Waals surface area contributed by atoms with E-state index in [1.54, 1.807) is 37.0 Å². The molecular formula is C17H17ClN4O3. The Kier molecular flexibility index (Phi) is 4.76. The van der Waals surface area contributed by atoms with Crippen LogP contribution in [-0.4, -0.2) is 20.8 Å². The molecule has 0 atom stereocenters. The summed E-state index contributed by atoms with van der Waals surface area (Å²) >= 11 is 6.08. The molecule has 0 fully saturated rings. The summed E-state index contributed by atoms with van der Waals surface area (Å²) in [7, 11) is 1.78. The summed E-state index contributed by atoms with van der Waals surface area (Å²) in [6.07, 6.45) is 1.72. The largest absolute Gasteiger partial charge is 0.487 e. The smallest absolute Gasteiger partial charge is 0.278 e. The molecule has 3 aromatic rings. The number of nitrogens with zero attached hydrogens (tertiary/aromatic N) is 3. The van der Waals surface area contributed by atoms with Gasteiger partial charge >= 0.3 is 0 Å². The molecule has 0 aliphatic rings. The molecule has 0 radical (unpaired) electrons. The van der Waals surface area contributed by atoms with Crippen molar-refractivity contribution in [2.45, 2.75) is 20.5 Å². The van der Waals surface area contributed by atoms with E-state index in [9.17, 15) is 4.79 Å². The summed E-state index contributed by atoms with van der Waals surface area (Å²) in [5.41, 5.74) is 2.07. The zero-order valence-corrected chi connectivity index (χ0v) is 14.8. The number of ether oxygens (including phenoxy) is 1. The number of amides is 1. The zero-order chi connectivity index (χ0) is 18.0. The minimum absolute atomic E-state index is 0.119. The predicted molar refractivity (Wildman–Crippen MR) is 92.9 cm³/mol. The summed E-state index contributed by atoms with van der Waals surface area (Å²) in [4.78, 5) is 12.5. The van der Waals surface area contributed by atoms with Crippen LogP contribution in [0.15, 0.2) is 35.0 Å². The number of rotatable bonds is 5. The highest BCUT2D eigenvalue weighted by molar-refractivity contribution is 6.32. The number of aryl methyl sites for hydroxylation is 3. The first kappa shape index (κ1) is 17.0. The van der Waals surface area contributed by atoms with Gasteiger partial charge in [0.05, 0.1) is 22.0 Å². The van der Waals surface area contributed by atoms with Gasteiger partial charge in [0.15, 0.2) is 5.69 Å². The molecule has 1 amide bonds. The van der Waals surface area contributed by atoms with Gasteiger partial charge in [0, 0.05) is 13.2 Å². The molecule has 3 rings (SSSR count). The molecule has 2 aromatic heterocycles. The Labute approximate surface area is 149 Å². The minimum Gasteiger partial charge on any atom is -0.487 e. The van der Waals surface area contributed by atoms with Crippen molar-refractivity contribution >= 4 is 23.2 Å². The summed E-state index contributed by atoms with van der Waals surface area (Å²) in [6, 6.07) is 7.12. The van der Waals surface area contributed by atoms with Crippen molar-refractivity contribution in [2.24, 2.45) is 7.05 Å². The first-order valence-corrected chi connectivity index (χ1v) is 7.97. The number of nitrogens with one attached hydrogen (secondary N) is 1. The van der Waals surface area contributed by atoms with E-state index in [0.29, 0.717) is 33.5 Å². The fourth-order valence-corrected chi connectivity index (χ4v) is 2.55. The van der Waals surface area contributed by atoms with Gasteiger partial charge in [-0.3, -0.25) is 9.48 Å². The highest BCUT2D eigenvalue weighted by Crippen LogP contribution is 2.25. The Morgan fingerprint density at radius 1 is 1.36 bits per heavy atom. The monoisotopic (exact) mass is 360 g/mol. The molecule has 130 valence electrons. The number of carbonyl (C=O) groups excluding carboxylic acids is 1. The van der Waals surface area contributed by atoms with Crippen molar-refractivity contribution in [3.8, 4) is 5.75 Å². The lowest BCUT2D eigenvalue weighted by Gasteiger charge is -2.08. The van der Waals surface area contributed by atoms with Crippen LogP contribution in [0.4, 0.5) is 5.69 Å². The molecule has 0 saturated carbocycles. The molecule has 0 unspecified atom stereocenters. The van der Waals surface area contributed by atoms with Crippen molar-refractivity contribution < 1.29 is 14.1 Å².